The van der Waals surface area contributed by atoms with E-state index in [1.165, 1.54) is 22.5 Å². The molecule has 3 N–H and O–H groups in total. The van der Waals surface area contributed by atoms with Crippen molar-refractivity contribution in [3.8, 4) is 0 Å². The van der Waals surface area contributed by atoms with Crippen molar-refractivity contribution in [2.45, 2.75) is 30.8 Å². The largest absolute Gasteiger partial charge is 0.366 e. The summed E-state index contributed by atoms with van der Waals surface area (Å²) in [5, 5.41) is 3.24. The van der Waals surface area contributed by atoms with Gasteiger partial charge in [0.15, 0.2) is 0 Å². The molecule has 1 heterocycles. The first-order chi connectivity index (χ1) is 9.71. The average Bonchev–Trinajstić information content (AvgIpc) is 2.40. The maximum Gasteiger partial charge on any atom is 0.248 e. The van der Waals surface area contributed by atoms with Gasteiger partial charge in [0.1, 0.15) is 0 Å². The summed E-state index contributed by atoms with van der Waals surface area (Å²) in [7, 11) is -3.67. The summed E-state index contributed by atoms with van der Waals surface area (Å²) in [5.74, 6) is -0.658. The van der Waals surface area contributed by atoms with Gasteiger partial charge in [-0.3, -0.25) is 4.79 Å². The van der Waals surface area contributed by atoms with Crippen LogP contribution >= 0.6 is 28.3 Å². The molecule has 2 rings (SSSR count). The second kappa shape index (κ2) is 7.27. The Hall–Kier alpha value is -0.670. The Bertz CT molecular complexity index is 668. The summed E-state index contributed by atoms with van der Waals surface area (Å²) in [5.41, 5.74) is 5.41. The van der Waals surface area contributed by atoms with E-state index >= 15 is 0 Å². The topological polar surface area (TPSA) is 92.5 Å². The maximum absolute atomic E-state index is 12.8. The van der Waals surface area contributed by atoms with Crippen molar-refractivity contribution in [1.29, 1.82) is 0 Å². The van der Waals surface area contributed by atoms with Crippen molar-refractivity contribution >= 4 is 44.3 Å². The number of amides is 1. The minimum absolute atomic E-state index is 0. The highest BCUT2D eigenvalue weighted by Crippen LogP contribution is 2.25. The number of hydrogen-bond acceptors (Lipinski definition) is 4. The van der Waals surface area contributed by atoms with Gasteiger partial charge in [-0.25, -0.2) is 8.42 Å². The first-order valence-electron chi connectivity index (χ1n) is 6.57. The molecule has 0 saturated carbocycles. The third-order valence-electron chi connectivity index (χ3n) is 3.47. The zero-order chi connectivity index (χ0) is 15.8. The first-order valence-corrected chi connectivity index (χ1v) is 8.80. The summed E-state index contributed by atoms with van der Waals surface area (Å²) in [6.45, 7) is 4.77. The van der Waals surface area contributed by atoms with Crippen LogP contribution in [0.5, 0.6) is 0 Å². The van der Waals surface area contributed by atoms with Crippen LogP contribution < -0.4 is 11.1 Å². The van der Waals surface area contributed by atoms with E-state index in [-0.39, 0.29) is 34.9 Å². The molecule has 2 atom stereocenters. The molecule has 1 saturated heterocycles. The van der Waals surface area contributed by atoms with E-state index in [1.807, 2.05) is 13.8 Å². The molecular formula is C13H19BrClN3O3S. The van der Waals surface area contributed by atoms with E-state index in [2.05, 4.69) is 21.2 Å². The van der Waals surface area contributed by atoms with Gasteiger partial charge < -0.3 is 11.1 Å². The first kappa shape index (κ1) is 19.4. The Kier molecular flexibility index (Phi) is 6.40. The Morgan fingerprint density at radius 2 is 2.00 bits per heavy atom. The van der Waals surface area contributed by atoms with E-state index in [0.717, 1.165) is 0 Å². The highest BCUT2D eigenvalue weighted by molar-refractivity contribution is 9.10. The van der Waals surface area contributed by atoms with Crippen LogP contribution in [0.2, 0.25) is 0 Å². The van der Waals surface area contributed by atoms with Crippen LogP contribution in [0.15, 0.2) is 27.6 Å². The monoisotopic (exact) mass is 411 g/mol. The molecule has 124 valence electrons. The molecule has 0 bridgehead atoms. The number of halogens is 2. The third kappa shape index (κ3) is 3.99. The van der Waals surface area contributed by atoms with Crippen LogP contribution in [0.25, 0.3) is 0 Å². The smallest absolute Gasteiger partial charge is 0.248 e. The van der Waals surface area contributed by atoms with Gasteiger partial charge in [-0.05, 0) is 32.0 Å². The molecule has 1 amide bonds. The number of primary amides is 1. The zero-order valence-electron chi connectivity index (χ0n) is 12.2. The lowest BCUT2D eigenvalue weighted by molar-refractivity contribution is 0.1000. The molecule has 9 heteroatoms. The normalized spacial score (nSPS) is 22.9. The summed E-state index contributed by atoms with van der Waals surface area (Å²) in [4.78, 5) is 11.4. The van der Waals surface area contributed by atoms with Crippen molar-refractivity contribution < 1.29 is 13.2 Å². The van der Waals surface area contributed by atoms with Gasteiger partial charge in [0, 0.05) is 35.2 Å². The second-order valence-electron chi connectivity index (χ2n) is 5.27. The fraction of sp³-hybridized carbons (Fsp3) is 0.462. The summed E-state index contributed by atoms with van der Waals surface area (Å²) in [6.07, 6.45) is 0. The van der Waals surface area contributed by atoms with Crippen LogP contribution in [0.4, 0.5) is 0 Å². The molecule has 1 aromatic carbocycles. The Labute approximate surface area is 145 Å². The zero-order valence-corrected chi connectivity index (χ0v) is 15.5. The fourth-order valence-corrected chi connectivity index (χ4v) is 4.75. The van der Waals surface area contributed by atoms with Gasteiger partial charge in [0.25, 0.3) is 0 Å². The molecule has 1 fully saturated rings. The van der Waals surface area contributed by atoms with E-state index in [9.17, 15) is 13.2 Å². The van der Waals surface area contributed by atoms with E-state index < -0.39 is 15.9 Å². The van der Waals surface area contributed by atoms with Crippen molar-refractivity contribution in [2.75, 3.05) is 13.1 Å². The highest BCUT2D eigenvalue weighted by atomic mass is 79.9. The molecule has 1 aliphatic rings. The lowest BCUT2D eigenvalue weighted by Crippen LogP contribution is -2.56. The number of hydrogen-bond donors (Lipinski definition) is 2. The minimum atomic E-state index is -3.67. The van der Waals surface area contributed by atoms with Gasteiger partial charge in [0.2, 0.25) is 15.9 Å². The quantitative estimate of drug-likeness (QED) is 0.783. The fourth-order valence-electron chi connectivity index (χ4n) is 2.31. The molecule has 0 radical (unpaired) electrons. The number of carbonyl (C=O) groups excluding carboxylic acids is 1. The maximum atomic E-state index is 12.8. The number of nitrogens with zero attached hydrogens (tertiary/aromatic N) is 1. The second-order valence-corrected chi connectivity index (χ2v) is 8.08. The van der Waals surface area contributed by atoms with Crippen LogP contribution in [0, 0.1) is 0 Å². The van der Waals surface area contributed by atoms with Gasteiger partial charge >= 0.3 is 0 Å². The number of rotatable bonds is 3. The summed E-state index contributed by atoms with van der Waals surface area (Å²) in [6, 6.07) is 4.25. The van der Waals surface area contributed by atoms with Gasteiger partial charge in [-0.2, -0.15) is 4.31 Å². The van der Waals surface area contributed by atoms with Gasteiger partial charge in [-0.15, -0.1) is 12.4 Å². The molecule has 1 aliphatic heterocycles. The number of nitrogens with two attached hydrogens (primary N) is 1. The Balaban J connectivity index is 0.00000242. The number of sulfonamides is 1. The average molecular weight is 413 g/mol. The molecule has 0 spiro atoms. The van der Waals surface area contributed by atoms with E-state index in [1.54, 1.807) is 0 Å². The van der Waals surface area contributed by atoms with Crippen molar-refractivity contribution in [3.63, 3.8) is 0 Å². The molecule has 2 unspecified atom stereocenters. The summed E-state index contributed by atoms with van der Waals surface area (Å²) >= 11 is 3.22. The lowest BCUT2D eigenvalue weighted by Gasteiger charge is -2.36. The predicted molar refractivity (Wildman–Crippen MR) is 90.7 cm³/mol. The SMILES string of the molecule is CC1CN(S(=O)(=O)c2cc(Br)cc(C(N)=O)c2)C(C)CN1.Cl. The van der Waals surface area contributed by atoms with Crippen molar-refractivity contribution in [2.24, 2.45) is 5.73 Å². The minimum Gasteiger partial charge on any atom is -0.366 e. The van der Waals surface area contributed by atoms with Gasteiger partial charge in [-0.1, -0.05) is 15.9 Å². The van der Waals surface area contributed by atoms with Crippen LogP contribution in [-0.2, 0) is 10.0 Å². The lowest BCUT2D eigenvalue weighted by atomic mass is 10.2. The Morgan fingerprint density at radius 3 is 2.59 bits per heavy atom. The van der Waals surface area contributed by atoms with Crippen molar-refractivity contribution in [1.82, 2.24) is 9.62 Å². The van der Waals surface area contributed by atoms with Crippen LogP contribution in [0.3, 0.4) is 0 Å². The molecule has 1 aromatic rings. The number of nitrogens with one attached hydrogen (secondary N) is 1. The summed E-state index contributed by atoms with van der Waals surface area (Å²) < 4.78 is 27.6. The predicted octanol–water partition coefficient (Wildman–Crippen LogP) is 1.34. The number of carbonyl (C=O) groups is 1. The number of piperazine rings is 1. The molecule has 6 nitrogen and oxygen atoms in total. The van der Waals surface area contributed by atoms with E-state index in [0.29, 0.717) is 17.6 Å². The molecular weight excluding hydrogens is 394 g/mol. The van der Waals surface area contributed by atoms with E-state index in [4.69, 9.17) is 5.73 Å². The van der Waals surface area contributed by atoms with Crippen LogP contribution in [0.1, 0.15) is 24.2 Å². The highest BCUT2D eigenvalue weighted by Gasteiger charge is 2.33. The standard InChI is InChI=1S/C13H18BrN3O3S.ClH/c1-8-7-17(9(2)6-16-8)21(19,20)12-4-10(13(15)18)3-11(14)5-12;/h3-5,8-9,16H,6-7H2,1-2H3,(H2,15,18);1H. The third-order valence-corrected chi connectivity index (χ3v) is 5.89. The molecule has 22 heavy (non-hydrogen) atoms. The number of benzene rings is 1. The molecule has 0 aromatic heterocycles. The Morgan fingerprint density at radius 1 is 1.36 bits per heavy atom. The molecule has 0 aliphatic carbocycles. The van der Waals surface area contributed by atoms with Crippen LogP contribution in [-0.4, -0.2) is 43.8 Å². The van der Waals surface area contributed by atoms with Crippen molar-refractivity contribution in [3.05, 3.63) is 28.2 Å². The van der Waals surface area contributed by atoms with Gasteiger partial charge in [0.05, 0.1) is 4.90 Å².